The highest BCUT2D eigenvalue weighted by atomic mass is 16.3. The van der Waals surface area contributed by atoms with Crippen LogP contribution in [0.3, 0.4) is 0 Å². The molecule has 1 aromatic rings. The van der Waals surface area contributed by atoms with E-state index in [1.54, 1.807) is 0 Å². The van der Waals surface area contributed by atoms with Gasteiger partial charge in [0.05, 0.1) is 6.54 Å². The molecule has 1 aliphatic carbocycles. The summed E-state index contributed by atoms with van der Waals surface area (Å²) in [5.74, 6) is 2.17. The van der Waals surface area contributed by atoms with Crippen molar-refractivity contribution in [2.75, 3.05) is 13.1 Å². The summed E-state index contributed by atoms with van der Waals surface area (Å²) in [5.41, 5.74) is 1.35. The van der Waals surface area contributed by atoms with E-state index in [0.29, 0.717) is 0 Å². The SMILES string of the molecule is Cc1oc(CNC2CC2)cc1CN1CC=CCC1. The maximum absolute atomic E-state index is 5.83. The van der Waals surface area contributed by atoms with Crippen LogP contribution >= 0.6 is 0 Å². The summed E-state index contributed by atoms with van der Waals surface area (Å²) >= 11 is 0. The van der Waals surface area contributed by atoms with Crippen molar-refractivity contribution >= 4 is 0 Å². The molecule has 1 aliphatic heterocycles. The largest absolute Gasteiger partial charge is 0.465 e. The van der Waals surface area contributed by atoms with E-state index in [1.807, 2.05) is 0 Å². The van der Waals surface area contributed by atoms with E-state index in [1.165, 1.54) is 24.8 Å². The number of furan rings is 1. The molecule has 0 bridgehead atoms. The Kier molecular flexibility index (Phi) is 3.52. The molecule has 0 radical (unpaired) electrons. The van der Waals surface area contributed by atoms with Crippen molar-refractivity contribution in [2.24, 2.45) is 0 Å². The van der Waals surface area contributed by atoms with Gasteiger partial charge in [-0.05, 0) is 32.3 Å². The molecular formula is C15H22N2O. The van der Waals surface area contributed by atoms with Crippen LogP contribution in [0.4, 0.5) is 0 Å². The minimum Gasteiger partial charge on any atom is -0.465 e. The molecule has 0 saturated heterocycles. The Balaban J connectivity index is 1.58. The van der Waals surface area contributed by atoms with Gasteiger partial charge in [0.15, 0.2) is 0 Å². The second-order valence-corrected chi connectivity index (χ2v) is 5.44. The fraction of sp³-hybridized carbons (Fsp3) is 0.600. The van der Waals surface area contributed by atoms with Gasteiger partial charge in [-0.1, -0.05) is 12.2 Å². The van der Waals surface area contributed by atoms with Gasteiger partial charge in [0, 0.05) is 31.2 Å². The highest BCUT2D eigenvalue weighted by Gasteiger charge is 2.21. The standard InChI is InChI=1S/C15H22N2O/c1-12-13(11-17-7-3-2-4-8-17)9-15(18-12)10-16-14-5-6-14/h2-3,9,14,16H,4-8,10-11H2,1H3. The fourth-order valence-corrected chi connectivity index (χ4v) is 2.44. The van der Waals surface area contributed by atoms with Gasteiger partial charge in [0.1, 0.15) is 11.5 Å². The zero-order chi connectivity index (χ0) is 12.4. The number of rotatable bonds is 5. The Morgan fingerprint density at radius 2 is 2.28 bits per heavy atom. The summed E-state index contributed by atoms with van der Waals surface area (Å²) < 4.78 is 5.83. The molecule has 0 aromatic carbocycles. The van der Waals surface area contributed by atoms with Gasteiger partial charge in [-0.3, -0.25) is 4.90 Å². The first-order chi connectivity index (χ1) is 8.81. The smallest absolute Gasteiger partial charge is 0.118 e. The number of hydrogen-bond acceptors (Lipinski definition) is 3. The van der Waals surface area contributed by atoms with Crippen molar-refractivity contribution in [3.63, 3.8) is 0 Å². The summed E-state index contributed by atoms with van der Waals surface area (Å²) in [4.78, 5) is 2.47. The lowest BCUT2D eigenvalue weighted by Gasteiger charge is -2.22. The van der Waals surface area contributed by atoms with Crippen molar-refractivity contribution in [1.29, 1.82) is 0 Å². The van der Waals surface area contributed by atoms with E-state index in [-0.39, 0.29) is 0 Å². The maximum atomic E-state index is 5.83. The lowest BCUT2D eigenvalue weighted by atomic mass is 10.2. The monoisotopic (exact) mass is 246 g/mol. The highest BCUT2D eigenvalue weighted by Crippen LogP contribution is 2.21. The van der Waals surface area contributed by atoms with E-state index in [4.69, 9.17) is 4.42 Å². The van der Waals surface area contributed by atoms with Crippen LogP contribution in [-0.4, -0.2) is 24.0 Å². The first-order valence-corrected chi connectivity index (χ1v) is 7.00. The average Bonchev–Trinajstić information content (AvgIpc) is 3.15. The Morgan fingerprint density at radius 3 is 3.00 bits per heavy atom. The molecule has 0 unspecified atom stereocenters. The second-order valence-electron chi connectivity index (χ2n) is 5.44. The number of nitrogens with one attached hydrogen (secondary N) is 1. The van der Waals surface area contributed by atoms with E-state index in [9.17, 15) is 0 Å². The summed E-state index contributed by atoms with van der Waals surface area (Å²) in [5, 5.41) is 3.50. The Labute approximate surface area is 109 Å². The first-order valence-electron chi connectivity index (χ1n) is 7.00. The van der Waals surface area contributed by atoms with Gasteiger partial charge < -0.3 is 9.73 Å². The van der Waals surface area contributed by atoms with E-state index in [0.717, 1.165) is 43.7 Å². The highest BCUT2D eigenvalue weighted by molar-refractivity contribution is 5.21. The molecule has 1 N–H and O–H groups in total. The van der Waals surface area contributed by atoms with Gasteiger partial charge in [-0.2, -0.15) is 0 Å². The summed E-state index contributed by atoms with van der Waals surface area (Å²) in [6.45, 7) is 6.21. The Morgan fingerprint density at radius 1 is 1.39 bits per heavy atom. The molecule has 18 heavy (non-hydrogen) atoms. The predicted molar refractivity (Wildman–Crippen MR) is 72.3 cm³/mol. The third-order valence-electron chi connectivity index (χ3n) is 3.75. The summed E-state index contributed by atoms with van der Waals surface area (Å²) in [6.07, 6.45) is 8.35. The molecular weight excluding hydrogens is 224 g/mol. The van der Waals surface area contributed by atoms with Gasteiger partial charge in [0.25, 0.3) is 0 Å². The number of nitrogens with zero attached hydrogens (tertiary/aromatic N) is 1. The van der Waals surface area contributed by atoms with Crippen LogP contribution in [0.1, 0.15) is 36.3 Å². The van der Waals surface area contributed by atoms with Crippen LogP contribution in [0.5, 0.6) is 0 Å². The third-order valence-corrected chi connectivity index (χ3v) is 3.75. The lowest BCUT2D eigenvalue weighted by Crippen LogP contribution is -2.26. The van der Waals surface area contributed by atoms with Crippen molar-refractivity contribution in [2.45, 2.75) is 45.3 Å². The molecule has 0 atom stereocenters. The fourth-order valence-electron chi connectivity index (χ4n) is 2.44. The van der Waals surface area contributed by atoms with Gasteiger partial charge in [-0.15, -0.1) is 0 Å². The normalized spacial score (nSPS) is 20.5. The minimum atomic E-state index is 0.742. The van der Waals surface area contributed by atoms with E-state index in [2.05, 4.69) is 35.4 Å². The lowest BCUT2D eigenvalue weighted by molar-refractivity contribution is 0.288. The van der Waals surface area contributed by atoms with Crippen LogP contribution in [-0.2, 0) is 13.1 Å². The number of aryl methyl sites for hydroxylation is 1. The van der Waals surface area contributed by atoms with Crippen LogP contribution in [0.15, 0.2) is 22.6 Å². The molecule has 3 nitrogen and oxygen atoms in total. The molecule has 1 aromatic heterocycles. The zero-order valence-corrected chi connectivity index (χ0v) is 11.1. The van der Waals surface area contributed by atoms with Crippen molar-refractivity contribution < 1.29 is 4.42 Å². The van der Waals surface area contributed by atoms with Crippen molar-refractivity contribution in [3.05, 3.63) is 35.3 Å². The zero-order valence-electron chi connectivity index (χ0n) is 11.1. The molecule has 1 saturated carbocycles. The summed E-state index contributed by atoms with van der Waals surface area (Å²) in [7, 11) is 0. The van der Waals surface area contributed by atoms with Crippen molar-refractivity contribution in [3.8, 4) is 0 Å². The predicted octanol–water partition coefficient (Wildman–Crippen LogP) is 2.60. The first kappa shape index (κ1) is 12.0. The molecule has 2 aliphatic rings. The molecule has 3 heteroatoms. The Hall–Kier alpha value is -1.06. The average molecular weight is 246 g/mol. The molecule has 0 amide bonds. The molecule has 1 fully saturated rings. The quantitative estimate of drug-likeness (QED) is 0.810. The minimum absolute atomic E-state index is 0.742. The topological polar surface area (TPSA) is 28.4 Å². The molecule has 2 heterocycles. The van der Waals surface area contributed by atoms with Crippen molar-refractivity contribution in [1.82, 2.24) is 10.2 Å². The third kappa shape index (κ3) is 3.03. The van der Waals surface area contributed by atoms with Gasteiger partial charge >= 0.3 is 0 Å². The van der Waals surface area contributed by atoms with Crippen LogP contribution < -0.4 is 5.32 Å². The van der Waals surface area contributed by atoms with E-state index >= 15 is 0 Å². The van der Waals surface area contributed by atoms with Gasteiger partial charge in [0.2, 0.25) is 0 Å². The maximum Gasteiger partial charge on any atom is 0.118 e. The number of hydrogen-bond donors (Lipinski definition) is 1. The van der Waals surface area contributed by atoms with Crippen LogP contribution in [0, 0.1) is 6.92 Å². The van der Waals surface area contributed by atoms with E-state index < -0.39 is 0 Å². The molecule has 98 valence electrons. The van der Waals surface area contributed by atoms with Crippen LogP contribution in [0.25, 0.3) is 0 Å². The van der Waals surface area contributed by atoms with Crippen LogP contribution in [0.2, 0.25) is 0 Å². The Bertz CT molecular complexity index is 432. The summed E-state index contributed by atoms with van der Waals surface area (Å²) in [6, 6.07) is 2.97. The second kappa shape index (κ2) is 5.29. The van der Waals surface area contributed by atoms with Gasteiger partial charge in [-0.25, -0.2) is 0 Å². The molecule has 3 rings (SSSR count). The molecule has 0 spiro atoms.